The normalized spacial score (nSPS) is 10.5. The standard InChI is InChI=1S/C14H10BrCl2NO3/c1-8-4-10(15)6-12(18(19)20)14(8)21-13-3-2-9(7-16)5-11(13)17/h2-6H,7H2,1H3. The Morgan fingerprint density at radius 3 is 2.62 bits per heavy atom. The summed E-state index contributed by atoms with van der Waals surface area (Å²) in [4.78, 5) is 10.7. The van der Waals surface area contributed by atoms with Crippen LogP contribution in [0.25, 0.3) is 0 Å². The predicted molar refractivity (Wildman–Crippen MR) is 86.6 cm³/mol. The summed E-state index contributed by atoms with van der Waals surface area (Å²) >= 11 is 15.1. The van der Waals surface area contributed by atoms with Gasteiger partial charge in [-0.25, -0.2) is 0 Å². The first kappa shape index (κ1) is 16.1. The van der Waals surface area contributed by atoms with Gasteiger partial charge in [0.2, 0.25) is 5.75 Å². The van der Waals surface area contributed by atoms with Crippen LogP contribution in [0.1, 0.15) is 11.1 Å². The number of nitro groups is 1. The Morgan fingerprint density at radius 2 is 2.05 bits per heavy atom. The zero-order valence-corrected chi connectivity index (χ0v) is 14.0. The number of aryl methyl sites for hydroxylation is 1. The van der Waals surface area contributed by atoms with Gasteiger partial charge in [0.1, 0.15) is 5.75 Å². The zero-order chi connectivity index (χ0) is 15.6. The summed E-state index contributed by atoms with van der Waals surface area (Å²) in [6, 6.07) is 8.20. The van der Waals surface area contributed by atoms with E-state index in [1.807, 2.05) is 0 Å². The minimum atomic E-state index is -0.492. The van der Waals surface area contributed by atoms with E-state index < -0.39 is 4.92 Å². The molecule has 0 aliphatic heterocycles. The van der Waals surface area contributed by atoms with Crippen molar-refractivity contribution in [2.24, 2.45) is 0 Å². The van der Waals surface area contributed by atoms with Gasteiger partial charge in [0.15, 0.2) is 0 Å². The first-order valence-electron chi connectivity index (χ1n) is 5.89. The number of halogens is 3. The highest BCUT2D eigenvalue weighted by atomic mass is 79.9. The number of nitro benzene ring substituents is 1. The second kappa shape index (κ2) is 6.64. The van der Waals surface area contributed by atoms with E-state index in [2.05, 4.69) is 15.9 Å². The number of ether oxygens (including phenoxy) is 1. The quantitative estimate of drug-likeness (QED) is 0.373. The lowest BCUT2D eigenvalue weighted by Crippen LogP contribution is -1.96. The maximum atomic E-state index is 11.2. The van der Waals surface area contributed by atoms with Crippen LogP contribution in [0.4, 0.5) is 5.69 Å². The Kier molecular flexibility index (Phi) is 5.08. The number of nitrogens with zero attached hydrogens (tertiary/aromatic N) is 1. The van der Waals surface area contributed by atoms with E-state index in [1.54, 1.807) is 31.2 Å². The molecule has 0 spiro atoms. The van der Waals surface area contributed by atoms with Crippen molar-refractivity contribution in [3.8, 4) is 11.5 Å². The molecule has 0 aromatic heterocycles. The van der Waals surface area contributed by atoms with Gasteiger partial charge in [0.05, 0.1) is 9.95 Å². The molecule has 0 saturated heterocycles. The largest absolute Gasteiger partial charge is 0.448 e. The molecule has 21 heavy (non-hydrogen) atoms. The topological polar surface area (TPSA) is 52.4 Å². The van der Waals surface area contributed by atoms with E-state index in [4.69, 9.17) is 27.9 Å². The zero-order valence-electron chi connectivity index (χ0n) is 10.9. The first-order chi connectivity index (χ1) is 9.92. The number of benzene rings is 2. The summed E-state index contributed by atoms with van der Waals surface area (Å²) in [6.07, 6.45) is 0. The molecule has 0 bridgehead atoms. The SMILES string of the molecule is Cc1cc(Br)cc([N+](=O)[O-])c1Oc1ccc(CCl)cc1Cl. The van der Waals surface area contributed by atoms with Gasteiger partial charge in [-0.3, -0.25) is 10.1 Å². The van der Waals surface area contributed by atoms with Crippen molar-refractivity contribution in [1.82, 2.24) is 0 Å². The van der Waals surface area contributed by atoms with E-state index in [1.165, 1.54) is 6.07 Å². The van der Waals surface area contributed by atoms with E-state index in [9.17, 15) is 10.1 Å². The molecule has 7 heteroatoms. The minimum absolute atomic E-state index is 0.126. The summed E-state index contributed by atoms with van der Waals surface area (Å²) in [7, 11) is 0. The highest BCUT2D eigenvalue weighted by Crippen LogP contribution is 2.39. The molecule has 0 atom stereocenters. The number of hydrogen-bond donors (Lipinski definition) is 0. The minimum Gasteiger partial charge on any atom is -0.448 e. The molecule has 0 N–H and O–H groups in total. The van der Waals surface area contributed by atoms with Crippen LogP contribution in [0, 0.1) is 17.0 Å². The summed E-state index contributed by atoms with van der Waals surface area (Å²) in [5.74, 6) is 0.847. The average molecular weight is 391 g/mol. The molecule has 2 aromatic carbocycles. The molecule has 0 radical (unpaired) electrons. The molecule has 0 unspecified atom stereocenters. The van der Waals surface area contributed by atoms with E-state index in [0.29, 0.717) is 26.7 Å². The van der Waals surface area contributed by atoms with Crippen LogP contribution in [-0.4, -0.2) is 4.92 Å². The van der Waals surface area contributed by atoms with Gasteiger partial charge < -0.3 is 4.74 Å². The van der Waals surface area contributed by atoms with E-state index in [0.717, 1.165) is 5.56 Å². The molecule has 0 aliphatic carbocycles. The van der Waals surface area contributed by atoms with Crippen molar-refractivity contribution in [1.29, 1.82) is 0 Å². The van der Waals surface area contributed by atoms with Gasteiger partial charge in [0.25, 0.3) is 0 Å². The summed E-state index contributed by atoms with van der Waals surface area (Å²) in [5.41, 5.74) is 1.35. The summed E-state index contributed by atoms with van der Waals surface area (Å²) in [5, 5.41) is 11.5. The second-order valence-electron chi connectivity index (χ2n) is 4.33. The van der Waals surface area contributed by atoms with Crippen molar-refractivity contribution in [2.45, 2.75) is 12.8 Å². The third-order valence-corrected chi connectivity index (χ3v) is 3.84. The van der Waals surface area contributed by atoms with Gasteiger partial charge >= 0.3 is 5.69 Å². The van der Waals surface area contributed by atoms with Crippen LogP contribution >= 0.6 is 39.1 Å². The van der Waals surface area contributed by atoms with E-state index in [-0.39, 0.29) is 11.4 Å². The Hall–Kier alpha value is -1.30. The van der Waals surface area contributed by atoms with Crippen molar-refractivity contribution in [2.75, 3.05) is 0 Å². The van der Waals surface area contributed by atoms with Crippen LogP contribution < -0.4 is 4.74 Å². The molecule has 110 valence electrons. The maximum absolute atomic E-state index is 11.2. The van der Waals surface area contributed by atoms with Crippen molar-refractivity contribution >= 4 is 44.8 Å². The predicted octanol–water partition coefficient (Wildman–Crippen LogP) is 5.85. The Morgan fingerprint density at radius 1 is 1.33 bits per heavy atom. The van der Waals surface area contributed by atoms with Gasteiger partial charge in [-0.1, -0.05) is 33.6 Å². The molecule has 2 rings (SSSR count). The third-order valence-electron chi connectivity index (χ3n) is 2.78. The first-order valence-corrected chi connectivity index (χ1v) is 7.59. The molecule has 0 amide bonds. The fraction of sp³-hybridized carbons (Fsp3) is 0.143. The lowest BCUT2D eigenvalue weighted by atomic mass is 10.2. The lowest BCUT2D eigenvalue weighted by Gasteiger charge is -2.11. The smallest absolute Gasteiger partial charge is 0.312 e. The molecule has 0 fully saturated rings. The Bertz CT molecular complexity index is 707. The third kappa shape index (κ3) is 3.67. The molecular formula is C14H10BrCl2NO3. The number of alkyl halides is 1. The van der Waals surface area contributed by atoms with Crippen LogP contribution in [-0.2, 0) is 5.88 Å². The fourth-order valence-electron chi connectivity index (χ4n) is 1.80. The van der Waals surface area contributed by atoms with E-state index >= 15 is 0 Å². The van der Waals surface area contributed by atoms with Crippen LogP contribution in [0.15, 0.2) is 34.8 Å². The molecule has 4 nitrogen and oxygen atoms in total. The van der Waals surface area contributed by atoms with Crippen LogP contribution in [0.5, 0.6) is 11.5 Å². The van der Waals surface area contributed by atoms with Crippen molar-refractivity contribution in [3.63, 3.8) is 0 Å². The van der Waals surface area contributed by atoms with Gasteiger partial charge in [-0.2, -0.15) is 0 Å². The highest BCUT2D eigenvalue weighted by Gasteiger charge is 2.20. The molecule has 0 heterocycles. The maximum Gasteiger partial charge on any atom is 0.312 e. The molecule has 0 aliphatic rings. The number of rotatable bonds is 4. The molecule has 0 saturated carbocycles. The molecular weight excluding hydrogens is 381 g/mol. The Balaban J connectivity index is 2.46. The van der Waals surface area contributed by atoms with Crippen LogP contribution in [0.3, 0.4) is 0 Å². The van der Waals surface area contributed by atoms with Gasteiger partial charge in [-0.05, 0) is 36.2 Å². The molecule has 2 aromatic rings. The Labute approximate surface area is 139 Å². The average Bonchev–Trinajstić information content (AvgIpc) is 2.42. The van der Waals surface area contributed by atoms with Gasteiger partial charge in [0, 0.05) is 16.4 Å². The van der Waals surface area contributed by atoms with Gasteiger partial charge in [-0.15, -0.1) is 11.6 Å². The van der Waals surface area contributed by atoms with Crippen LogP contribution in [0.2, 0.25) is 5.02 Å². The monoisotopic (exact) mass is 389 g/mol. The van der Waals surface area contributed by atoms with Crippen molar-refractivity contribution in [3.05, 3.63) is 61.1 Å². The second-order valence-corrected chi connectivity index (χ2v) is 5.92. The lowest BCUT2D eigenvalue weighted by molar-refractivity contribution is -0.385. The summed E-state index contributed by atoms with van der Waals surface area (Å²) in [6.45, 7) is 1.73. The summed E-state index contributed by atoms with van der Waals surface area (Å²) < 4.78 is 6.26. The fourth-order valence-corrected chi connectivity index (χ4v) is 2.77. The highest BCUT2D eigenvalue weighted by molar-refractivity contribution is 9.10. The van der Waals surface area contributed by atoms with Crippen molar-refractivity contribution < 1.29 is 9.66 Å². The number of hydrogen-bond acceptors (Lipinski definition) is 3.